The lowest BCUT2D eigenvalue weighted by molar-refractivity contribution is -0.122. The van der Waals surface area contributed by atoms with E-state index in [0.717, 1.165) is 48.3 Å². The first-order chi connectivity index (χ1) is 13.0. The summed E-state index contributed by atoms with van der Waals surface area (Å²) in [5.74, 6) is 0.233. The van der Waals surface area contributed by atoms with Crippen LogP contribution in [0.4, 0.5) is 11.7 Å². The van der Waals surface area contributed by atoms with Gasteiger partial charge in [-0.25, -0.2) is 0 Å². The number of carbonyl (C=O) groups is 1. The fourth-order valence-electron chi connectivity index (χ4n) is 3.79. The highest BCUT2D eigenvalue weighted by Gasteiger charge is 2.29. The van der Waals surface area contributed by atoms with Crippen LogP contribution in [0.1, 0.15) is 24.0 Å². The van der Waals surface area contributed by atoms with E-state index < -0.39 is 0 Å². The third kappa shape index (κ3) is 3.42. The molecule has 0 spiro atoms. The van der Waals surface area contributed by atoms with Crippen molar-refractivity contribution in [2.75, 3.05) is 29.9 Å². The number of amides is 1. The highest BCUT2D eigenvalue weighted by molar-refractivity contribution is 5.95. The van der Waals surface area contributed by atoms with Gasteiger partial charge in [-0.05, 0) is 56.0 Å². The number of fused-ring (bicyclic) bond motifs is 1. The fourth-order valence-corrected chi connectivity index (χ4v) is 3.79. The molecule has 5 nitrogen and oxygen atoms in total. The molecule has 27 heavy (non-hydrogen) atoms. The number of rotatable bonds is 3. The van der Waals surface area contributed by atoms with Crippen molar-refractivity contribution in [1.82, 2.24) is 4.98 Å². The van der Waals surface area contributed by atoms with Gasteiger partial charge in [-0.2, -0.15) is 4.98 Å². The second-order valence-electron chi connectivity index (χ2n) is 7.41. The van der Waals surface area contributed by atoms with Gasteiger partial charge >= 0.3 is 0 Å². The first-order valence-corrected chi connectivity index (χ1v) is 9.48. The zero-order chi connectivity index (χ0) is 19.0. The van der Waals surface area contributed by atoms with Crippen molar-refractivity contribution < 1.29 is 9.21 Å². The molecule has 1 amide bonds. The highest BCUT2D eigenvalue weighted by Crippen LogP contribution is 2.29. The van der Waals surface area contributed by atoms with Crippen LogP contribution in [-0.4, -0.2) is 31.0 Å². The molecule has 0 saturated carbocycles. The van der Waals surface area contributed by atoms with Crippen LogP contribution in [0.3, 0.4) is 0 Å². The molecule has 0 aliphatic carbocycles. The molecule has 0 radical (unpaired) electrons. The van der Waals surface area contributed by atoms with Crippen LogP contribution < -0.4 is 9.80 Å². The van der Waals surface area contributed by atoms with Gasteiger partial charge in [0.05, 0.1) is 0 Å². The number of para-hydroxylation sites is 2. The maximum Gasteiger partial charge on any atom is 0.298 e. The van der Waals surface area contributed by atoms with E-state index in [1.165, 1.54) is 5.56 Å². The van der Waals surface area contributed by atoms with Crippen molar-refractivity contribution in [2.45, 2.75) is 26.7 Å². The Morgan fingerprint density at radius 1 is 1.15 bits per heavy atom. The smallest absolute Gasteiger partial charge is 0.298 e. The Morgan fingerprint density at radius 2 is 1.89 bits per heavy atom. The molecule has 1 saturated heterocycles. The van der Waals surface area contributed by atoms with Crippen LogP contribution in [0.2, 0.25) is 0 Å². The largest absolute Gasteiger partial charge is 0.423 e. The molecule has 2 aromatic carbocycles. The van der Waals surface area contributed by atoms with Crippen molar-refractivity contribution >= 4 is 28.7 Å². The third-order valence-electron chi connectivity index (χ3n) is 5.45. The predicted molar refractivity (Wildman–Crippen MR) is 108 cm³/mol. The second kappa shape index (κ2) is 7.06. The average Bonchev–Trinajstić information content (AvgIpc) is 3.13. The normalized spacial score (nSPS) is 15.3. The van der Waals surface area contributed by atoms with Crippen LogP contribution >= 0.6 is 0 Å². The van der Waals surface area contributed by atoms with Crippen LogP contribution in [0, 0.1) is 19.8 Å². The van der Waals surface area contributed by atoms with Crippen molar-refractivity contribution in [2.24, 2.45) is 5.92 Å². The molecular formula is C22H25N3O2. The van der Waals surface area contributed by atoms with Gasteiger partial charge in [-0.1, -0.05) is 24.3 Å². The van der Waals surface area contributed by atoms with Gasteiger partial charge in [0.1, 0.15) is 5.52 Å². The van der Waals surface area contributed by atoms with Crippen LogP contribution in [-0.2, 0) is 4.79 Å². The Labute approximate surface area is 159 Å². The molecular weight excluding hydrogens is 338 g/mol. The predicted octanol–water partition coefficient (Wildman–Crippen LogP) is 4.32. The summed E-state index contributed by atoms with van der Waals surface area (Å²) in [4.78, 5) is 21.6. The van der Waals surface area contributed by atoms with Gasteiger partial charge < -0.3 is 14.2 Å². The lowest BCUT2D eigenvalue weighted by Gasteiger charge is -2.32. The first kappa shape index (κ1) is 17.6. The molecule has 1 aliphatic rings. The van der Waals surface area contributed by atoms with E-state index in [1.54, 1.807) is 0 Å². The lowest BCUT2D eigenvalue weighted by atomic mass is 9.95. The minimum Gasteiger partial charge on any atom is -0.423 e. The van der Waals surface area contributed by atoms with Gasteiger partial charge in [0, 0.05) is 31.7 Å². The number of piperidine rings is 1. The summed E-state index contributed by atoms with van der Waals surface area (Å²) in [6, 6.07) is 14.7. The SMILES string of the molecule is Cc1ccc(C)c(N(C)C(=O)C2CCN(c3nc4ccccc4o3)CC2)c1. The summed E-state index contributed by atoms with van der Waals surface area (Å²) in [7, 11) is 1.89. The van der Waals surface area contributed by atoms with E-state index >= 15 is 0 Å². The minimum absolute atomic E-state index is 0.0375. The van der Waals surface area contributed by atoms with Gasteiger partial charge in [-0.3, -0.25) is 4.79 Å². The van der Waals surface area contributed by atoms with Crippen molar-refractivity contribution in [3.8, 4) is 0 Å². The molecule has 0 atom stereocenters. The zero-order valence-corrected chi connectivity index (χ0v) is 16.1. The topological polar surface area (TPSA) is 49.6 Å². The Hall–Kier alpha value is -2.82. The molecule has 2 heterocycles. The van der Waals surface area contributed by atoms with Gasteiger partial charge in [0.25, 0.3) is 6.01 Å². The van der Waals surface area contributed by atoms with Crippen molar-refractivity contribution in [3.05, 3.63) is 53.6 Å². The fraction of sp³-hybridized carbons (Fsp3) is 0.364. The van der Waals surface area contributed by atoms with Crippen molar-refractivity contribution in [3.63, 3.8) is 0 Å². The van der Waals surface area contributed by atoms with E-state index in [2.05, 4.69) is 41.9 Å². The molecule has 0 bridgehead atoms. The molecule has 0 unspecified atom stereocenters. The highest BCUT2D eigenvalue weighted by atomic mass is 16.4. The van der Waals surface area contributed by atoms with Gasteiger partial charge in [-0.15, -0.1) is 0 Å². The number of hydrogen-bond acceptors (Lipinski definition) is 4. The molecule has 140 valence electrons. The summed E-state index contributed by atoms with van der Waals surface area (Å²) in [5, 5.41) is 0. The Bertz CT molecular complexity index is 938. The maximum atomic E-state index is 13.0. The summed E-state index contributed by atoms with van der Waals surface area (Å²) in [5.41, 5.74) is 4.98. The Morgan fingerprint density at radius 3 is 2.63 bits per heavy atom. The summed E-state index contributed by atoms with van der Waals surface area (Å²) >= 11 is 0. The minimum atomic E-state index is 0.0375. The first-order valence-electron chi connectivity index (χ1n) is 9.48. The number of aryl methyl sites for hydroxylation is 2. The molecule has 1 aromatic heterocycles. The monoisotopic (exact) mass is 363 g/mol. The third-order valence-corrected chi connectivity index (χ3v) is 5.45. The average molecular weight is 363 g/mol. The number of carbonyl (C=O) groups excluding carboxylic acids is 1. The van der Waals surface area contributed by atoms with E-state index in [-0.39, 0.29) is 11.8 Å². The summed E-state index contributed by atoms with van der Waals surface area (Å²) < 4.78 is 5.87. The van der Waals surface area contributed by atoms with Gasteiger partial charge in [0.2, 0.25) is 5.91 Å². The van der Waals surface area contributed by atoms with Crippen LogP contribution in [0.25, 0.3) is 11.1 Å². The number of aromatic nitrogens is 1. The molecule has 4 rings (SSSR count). The summed E-state index contributed by atoms with van der Waals surface area (Å²) in [6.45, 7) is 5.67. The van der Waals surface area contributed by atoms with E-state index in [0.29, 0.717) is 6.01 Å². The standard InChI is InChI=1S/C22H25N3O2/c1-15-8-9-16(2)19(14-15)24(3)21(26)17-10-12-25(13-11-17)22-23-18-6-4-5-7-20(18)27-22/h4-9,14,17H,10-13H2,1-3H3. The van der Waals surface area contributed by atoms with Crippen molar-refractivity contribution in [1.29, 1.82) is 0 Å². The molecule has 1 aliphatic heterocycles. The van der Waals surface area contributed by atoms with Crippen LogP contribution in [0.15, 0.2) is 46.9 Å². The number of nitrogens with zero attached hydrogens (tertiary/aromatic N) is 3. The van der Waals surface area contributed by atoms with Gasteiger partial charge in [0.15, 0.2) is 5.58 Å². The molecule has 5 heteroatoms. The molecule has 3 aromatic rings. The maximum absolute atomic E-state index is 13.0. The number of benzene rings is 2. The molecule has 1 fully saturated rings. The van der Waals surface area contributed by atoms with E-state index in [4.69, 9.17) is 4.42 Å². The quantitative estimate of drug-likeness (QED) is 0.695. The zero-order valence-electron chi connectivity index (χ0n) is 16.1. The summed E-state index contributed by atoms with van der Waals surface area (Å²) in [6.07, 6.45) is 1.62. The number of oxazole rings is 1. The Kier molecular flexibility index (Phi) is 4.60. The number of hydrogen-bond donors (Lipinski definition) is 0. The van der Waals surface area contributed by atoms with E-state index in [9.17, 15) is 4.79 Å². The lowest BCUT2D eigenvalue weighted by Crippen LogP contribution is -2.41. The second-order valence-corrected chi connectivity index (χ2v) is 7.41. The Balaban J connectivity index is 1.43. The van der Waals surface area contributed by atoms with E-state index in [1.807, 2.05) is 36.2 Å². The number of anilines is 2. The van der Waals surface area contributed by atoms with Crippen LogP contribution in [0.5, 0.6) is 0 Å². The molecule has 0 N–H and O–H groups in total.